The van der Waals surface area contributed by atoms with Gasteiger partial charge in [-0.25, -0.2) is 4.99 Å². The molecule has 0 saturated carbocycles. The molecule has 0 radical (unpaired) electrons. The number of H-pyrrole nitrogens is 1. The summed E-state index contributed by atoms with van der Waals surface area (Å²) in [5, 5.41) is 4.47. The fourth-order valence-electron chi connectivity index (χ4n) is 2.72. The number of halogens is 1. The summed E-state index contributed by atoms with van der Waals surface area (Å²) < 4.78 is 5.98. The third kappa shape index (κ3) is 2.97. The van der Waals surface area contributed by atoms with Crippen LogP contribution in [0.2, 0.25) is 0 Å². The Labute approximate surface area is 160 Å². The number of rotatable bonds is 4. The number of hydrogen-bond acceptors (Lipinski definition) is 5. The molecule has 1 aliphatic rings. The number of hydrogen-bond donors (Lipinski definition) is 2. The lowest BCUT2D eigenvalue weighted by Gasteiger charge is -2.08. The van der Waals surface area contributed by atoms with Gasteiger partial charge >= 0.3 is 4.87 Å². The Morgan fingerprint density at radius 1 is 1.15 bits per heavy atom. The molecule has 2 heterocycles. The fraction of sp³-hybridized carbons (Fsp3) is 0.0556. The Morgan fingerprint density at radius 2 is 1.92 bits per heavy atom. The molecule has 2 aromatic carbocycles. The zero-order chi connectivity index (χ0) is 18.3. The molecule has 1 amide bonds. The quantitative estimate of drug-likeness (QED) is 0.666. The van der Waals surface area contributed by atoms with E-state index >= 15 is 0 Å². The molecule has 130 valence electrons. The maximum absolute atomic E-state index is 12.5. The van der Waals surface area contributed by atoms with E-state index in [1.54, 1.807) is 13.2 Å². The second-order valence-electron chi connectivity index (χ2n) is 5.53. The highest BCUT2D eigenvalue weighted by Gasteiger charge is 2.24. The Kier molecular flexibility index (Phi) is 4.21. The van der Waals surface area contributed by atoms with E-state index in [4.69, 9.17) is 4.74 Å². The highest BCUT2D eigenvalue weighted by molar-refractivity contribution is 9.10. The van der Waals surface area contributed by atoms with Gasteiger partial charge in [-0.15, -0.1) is 0 Å². The molecule has 0 unspecified atom stereocenters. The van der Waals surface area contributed by atoms with Crippen molar-refractivity contribution in [2.75, 3.05) is 12.4 Å². The van der Waals surface area contributed by atoms with Crippen LogP contribution in [-0.2, 0) is 4.79 Å². The zero-order valence-electron chi connectivity index (χ0n) is 13.5. The van der Waals surface area contributed by atoms with E-state index < -0.39 is 0 Å². The molecule has 0 fully saturated rings. The van der Waals surface area contributed by atoms with Crippen LogP contribution >= 0.6 is 27.3 Å². The van der Waals surface area contributed by atoms with Crippen molar-refractivity contribution in [2.24, 2.45) is 4.99 Å². The van der Waals surface area contributed by atoms with Crippen molar-refractivity contribution in [3.63, 3.8) is 0 Å². The molecule has 4 rings (SSSR count). The maximum Gasteiger partial charge on any atom is 0.306 e. The molecule has 26 heavy (non-hydrogen) atoms. The van der Waals surface area contributed by atoms with Crippen molar-refractivity contribution in [1.29, 1.82) is 0 Å². The molecule has 0 aliphatic carbocycles. The SMILES string of the molecule is COc1ccc(Nc2[nH]c(=O)sc2C2=c3cc(Br)ccc3=NC2=O)cc1. The lowest BCUT2D eigenvalue weighted by atomic mass is 10.1. The van der Waals surface area contributed by atoms with E-state index in [0.717, 1.165) is 27.2 Å². The third-order valence-corrected chi connectivity index (χ3v) is 5.29. The van der Waals surface area contributed by atoms with Gasteiger partial charge in [0.25, 0.3) is 5.91 Å². The number of fused-ring (bicyclic) bond motifs is 1. The van der Waals surface area contributed by atoms with Crippen LogP contribution in [0.5, 0.6) is 5.75 Å². The predicted octanol–water partition coefficient (Wildman–Crippen LogP) is 2.31. The van der Waals surface area contributed by atoms with Gasteiger partial charge in [0.05, 0.1) is 22.9 Å². The summed E-state index contributed by atoms with van der Waals surface area (Å²) in [7, 11) is 1.60. The van der Waals surface area contributed by atoms with Gasteiger partial charge in [-0.3, -0.25) is 14.6 Å². The monoisotopic (exact) mass is 429 g/mol. The normalized spacial score (nSPS) is 12.7. The second kappa shape index (κ2) is 6.54. The first-order chi connectivity index (χ1) is 12.5. The van der Waals surface area contributed by atoms with Crippen molar-refractivity contribution >= 4 is 50.3 Å². The molecule has 2 N–H and O–H groups in total. The highest BCUT2D eigenvalue weighted by atomic mass is 79.9. The van der Waals surface area contributed by atoms with Crippen LogP contribution in [0.25, 0.3) is 5.57 Å². The third-order valence-electron chi connectivity index (χ3n) is 3.90. The number of benzene rings is 2. The average Bonchev–Trinajstić information content (AvgIpc) is 3.13. The van der Waals surface area contributed by atoms with Gasteiger partial charge in [-0.05, 0) is 42.5 Å². The molecule has 0 atom stereocenters. The number of aromatic nitrogens is 1. The van der Waals surface area contributed by atoms with E-state index in [1.807, 2.05) is 36.4 Å². The Morgan fingerprint density at radius 3 is 2.65 bits per heavy atom. The predicted molar refractivity (Wildman–Crippen MR) is 104 cm³/mol. The Balaban J connectivity index is 1.84. The molecular weight excluding hydrogens is 418 g/mol. The topological polar surface area (TPSA) is 83.5 Å². The van der Waals surface area contributed by atoms with Crippen LogP contribution < -0.4 is 25.5 Å². The first kappa shape index (κ1) is 16.7. The number of methoxy groups -OCH3 is 1. The van der Waals surface area contributed by atoms with Gasteiger partial charge in [0.15, 0.2) is 0 Å². The molecule has 1 aromatic heterocycles. The number of thiazole rings is 1. The molecule has 0 spiro atoms. The summed E-state index contributed by atoms with van der Waals surface area (Å²) in [4.78, 5) is 31.6. The van der Waals surface area contributed by atoms with E-state index in [1.165, 1.54) is 0 Å². The van der Waals surface area contributed by atoms with E-state index in [-0.39, 0.29) is 10.8 Å². The largest absolute Gasteiger partial charge is 0.497 e. The number of amides is 1. The van der Waals surface area contributed by atoms with E-state index in [0.29, 0.717) is 26.8 Å². The van der Waals surface area contributed by atoms with E-state index in [2.05, 4.69) is 31.2 Å². The van der Waals surface area contributed by atoms with Gasteiger partial charge in [-0.1, -0.05) is 27.3 Å². The highest BCUT2D eigenvalue weighted by Crippen LogP contribution is 2.28. The number of nitrogens with zero attached hydrogens (tertiary/aromatic N) is 1. The Bertz CT molecular complexity index is 1200. The van der Waals surface area contributed by atoms with Crippen LogP contribution in [-0.4, -0.2) is 18.0 Å². The van der Waals surface area contributed by atoms with Crippen molar-refractivity contribution in [2.45, 2.75) is 0 Å². The number of anilines is 2. The van der Waals surface area contributed by atoms with Crippen LogP contribution in [0.3, 0.4) is 0 Å². The molecule has 3 aromatic rings. The summed E-state index contributed by atoms with van der Waals surface area (Å²) in [5.41, 5.74) is 1.18. The molecule has 1 aliphatic heterocycles. The maximum atomic E-state index is 12.5. The number of aromatic amines is 1. The van der Waals surface area contributed by atoms with Crippen LogP contribution in [0.4, 0.5) is 11.5 Å². The lowest BCUT2D eigenvalue weighted by molar-refractivity contribution is -0.112. The summed E-state index contributed by atoms with van der Waals surface area (Å²) in [6.07, 6.45) is 0. The second-order valence-corrected chi connectivity index (χ2v) is 7.42. The first-order valence-corrected chi connectivity index (χ1v) is 9.23. The molecule has 0 saturated heterocycles. The van der Waals surface area contributed by atoms with Crippen molar-refractivity contribution in [3.8, 4) is 5.75 Å². The van der Waals surface area contributed by atoms with Crippen molar-refractivity contribution in [3.05, 3.63) is 72.1 Å². The standard InChI is InChI=1S/C18H12BrN3O3S/c1-25-11-5-3-10(4-6-11)20-16-15(26-18(24)22-16)14-12-8-9(19)2-7-13(12)21-17(14)23/h2-8,20H,1H3,(H,22,24). The number of nitrogens with one attached hydrogen (secondary N) is 2. The molecule has 6 nitrogen and oxygen atoms in total. The van der Waals surface area contributed by atoms with Gasteiger partial charge in [0.1, 0.15) is 11.6 Å². The summed E-state index contributed by atoms with van der Waals surface area (Å²) >= 11 is 4.40. The van der Waals surface area contributed by atoms with Crippen molar-refractivity contribution in [1.82, 2.24) is 4.98 Å². The van der Waals surface area contributed by atoms with E-state index in [9.17, 15) is 9.59 Å². The average molecular weight is 430 g/mol. The Hall–Kier alpha value is -2.71. The van der Waals surface area contributed by atoms with Crippen molar-refractivity contribution < 1.29 is 9.53 Å². The number of carbonyl (C=O) groups is 1. The minimum absolute atomic E-state index is 0.250. The molecule has 8 heteroatoms. The number of ether oxygens (including phenoxy) is 1. The van der Waals surface area contributed by atoms with Crippen LogP contribution in [0.1, 0.15) is 4.88 Å². The lowest BCUT2D eigenvalue weighted by Crippen LogP contribution is -2.23. The zero-order valence-corrected chi connectivity index (χ0v) is 15.9. The fourth-order valence-corrected chi connectivity index (χ4v) is 3.92. The summed E-state index contributed by atoms with van der Waals surface area (Å²) in [6, 6.07) is 12.7. The first-order valence-electron chi connectivity index (χ1n) is 7.62. The van der Waals surface area contributed by atoms with Gasteiger partial charge in [-0.2, -0.15) is 0 Å². The van der Waals surface area contributed by atoms with Gasteiger partial charge < -0.3 is 10.1 Å². The molecule has 0 bridgehead atoms. The summed E-state index contributed by atoms with van der Waals surface area (Å²) in [6.45, 7) is 0. The molecular formula is C18H12BrN3O3S. The van der Waals surface area contributed by atoms with Crippen LogP contribution in [0, 0.1) is 0 Å². The summed E-state index contributed by atoms with van der Waals surface area (Å²) in [5.74, 6) is 0.843. The van der Waals surface area contributed by atoms with Gasteiger partial charge in [0, 0.05) is 15.4 Å². The van der Waals surface area contributed by atoms with Gasteiger partial charge in [0.2, 0.25) is 0 Å². The van der Waals surface area contributed by atoms with Crippen LogP contribution in [0.15, 0.2) is 56.7 Å². The number of carbonyl (C=O) groups excluding carboxylic acids is 1. The minimum Gasteiger partial charge on any atom is -0.497 e. The minimum atomic E-state index is -0.355. The smallest absolute Gasteiger partial charge is 0.306 e.